The first-order chi connectivity index (χ1) is 9.25. The standard InChI is InChI=1S/C15H17N3O/c1-12-14-8-5-9-17(14)10-11-18(12)15(19)16-13-6-3-2-4-7-13/h2-9,12H,10-11H2,1H3,(H,16,19)/t12-/m0/s1. The maximum absolute atomic E-state index is 12.3. The fourth-order valence-corrected chi connectivity index (χ4v) is 2.57. The summed E-state index contributed by atoms with van der Waals surface area (Å²) in [6, 6.07) is 13.7. The van der Waals surface area contributed by atoms with Crippen molar-refractivity contribution >= 4 is 11.7 Å². The quantitative estimate of drug-likeness (QED) is 0.835. The molecule has 0 bridgehead atoms. The van der Waals surface area contributed by atoms with E-state index < -0.39 is 0 Å². The smallest absolute Gasteiger partial charge is 0.322 e. The third-order valence-corrected chi connectivity index (χ3v) is 3.63. The highest BCUT2D eigenvalue weighted by atomic mass is 16.2. The number of carbonyl (C=O) groups excluding carboxylic acids is 1. The van der Waals surface area contributed by atoms with Crippen molar-refractivity contribution in [3.05, 3.63) is 54.4 Å². The molecule has 2 amide bonds. The van der Waals surface area contributed by atoms with E-state index in [0.29, 0.717) is 0 Å². The van der Waals surface area contributed by atoms with E-state index in [0.717, 1.165) is 18.8 Å². The summed E-state index contributed by atoms with van der Waals surface area (Å²) in [5.74, 6) is 0. The van der Waals surface area contributed by atoms with Gasteiger partial charge in [-0.3, -0.25) is 0 Å². The molecule has 1 aliphatic heterocycles. The van der Waals surface area contributed by atoms with Crippen molar-refractivity contribution in [1.29, 1.82) is 0 Å². The molecule has 0 unspecified atom stereocenters. The number of hydrogen-bond acceptors (Lipinski definition) is 1. The van der Waals surface area contributed by atoms with Gasteiger partial charge in [-0.05, 0) is 31.2 Å². The Morgan fingerprint density at radius 3 is 2.74 bits per heavy atom. The van der Waals surface area contributed by atoms with Crippen molar-refractivity contribution in [3.8, 4) is 0 Å². The van der Waals surface area contributed by atoms with Crippen LogP contribution in [0.1, 0.15) is 18.7 Å². The van der Waals surface area contributed by atoms with Gasteiger partial charge in [-0.1, -0.05) is 18.2 Å². The summed E-state index contributed by atoms with van der Waals surface area (Å²) >= 11 is 0. The zero-order valence-corrected chi connectivity index (χ0v) is 10.9. The number of para-hydroxylation sites is 1. The Morgan fingerprint density at radius 1 is 1.16 bits per heavy atom. The van der Waals surface area contributed by atoms with Gasteiger partial charge in [0, 0.05) is 30.7 Å². The molecule has 1 atom stereocenters. The Labute approximate surface area is 112 Å². The molecule has 0 aliphatic carbocycles. The van der Waals surface area contributed by atoms with E-state index in [1.807, 2.05) is 41.3 Å². The van der Waals surface area contributed by atoms with Crippen LogP contribution in [0.3, 0.4) is 0 Å². The van der Waals surface area contributed by atoms with Gasteiger partial charge in [0.2, 0.25) is 0 Å². The average Bonchev–Trinajstić information content (AvgIpc) is 2.89. The molecule has 1 aromatic carbocycles. The summed E-state index contributed by atoms with van der Waals surface area (Å²) in [6.45, 7) is 3.66. The maximum atomic E-state index is 12.3. The Hall–Kier alpha value is -2.23. The third kappa shape index (κ3) is 2.21. The number of nitrogens with zero attached hydrogens (tertiary/aromatic N) is 2. The van der Waals surface area contributed by atoms with Crippen LogP contribution in [0.4, 0.5) is 10.5 Å². The summed E-state index contributed by atoms with van der Waals surface area (Å²) in [6.07, 6.45) is 2.07. The first-order valence-corrected chi connectivity index (χ1v) is 6.53. The third-order valence-electron chi connectivity index (χ3n) is 3.63. The monoisotopic (exact) mass is 255 g/mol. The second-order valence-corrected chi connectivity index (χ2v) is 4.79. The van der Waals surface area contributed by atoms with Crippen molar-refractivity contribution in [2.75, 3.05) is 11.9 Å². The van der Waals surface area contributed by atoms with Gasteiger partial charge in [0.15, 0.2) is 0 Å². The highest BCUT2D eigenvalue weighted by Crippen LogP contribution is 2.25. The number of benzene rings is 1. The van der Waals surface area contributed by atoms with Crippen molar-refractivity contribution < 1.29 is 4.79 Å². The Balaban J connectivity index is 1.75. The summed E-state index contributed by atoms with van der Waals surface area (Å²) in [5.41, 5.74) is 2.02. The van der Waals surface area contributed by atoms with Gasteiger partial charge in [0.25, 0.3) is 0 Å². The summed E-state index contributed by atoms with van der Waals surface area (Å²) < 4.78 is 2.21. The molecule has 0 radical (unpaired) electrons. The molecule has 4 heteroatoms. The van der Waals surface area contributed by atoms with Crippen LogP contribution >= 0.6 is 0 Å². The number of urea groups is 1. The van der Waals surface area contributed by atoms with Crippen LogP contribution in [0.15, 0.2) is 48.7 Å². The molecule has 1 N–H and O–H groups in total. The topological polar surface area (TPSA) is 37.3 Å². The number of rotatable bonds is 1. The molecular weight excluding hydrogens is 238 g/mol. The second-order valence-electron chi connectivity index (χ2n) is 4.79. The molecule has 3 rings (SSSR count). The van der Waals surface area contributed by atoms with E-state index in [1.165, 1.54) is 5.69 Å². The van der Waals surface area contributed by atoms with Gasteiger partial charge in [-0.25, -0.2) is 4.79 Å². The minimum Gasteiger partial charge on any atom is -0.348 e. The highest BCUT2D eigenvalue weighted by molar-refractivity contribution is 5.89. The van der Waals surface area contributed by atoms with Crippen molar-refractivity contribution in [1.82, 2.24) is 9.47 Å². The molecule has 98 valence electrons. The van der Waals surface area contributed by atoms with E-state index in [2.05, 4.69) is 29.1 Å². The van der Waals surface area contributed by atoms with E-state index in [1.54, 1.807) is 0 Å². The molecule has 0 saturated heterocycles. The number of fused-ring (bicyclic) bond motifs is 1. The van der Waals surface area contributed by atoms with Gasteiger partial charge < -0.3 is 14.8 Å². The molecule has 1 aliphatic rings. The van der Waals surface area contributed by atoms with E-state index >= 15 is 0 Å². The number of nitrogens with one attached hydrogen (secondary N) is 1. The lowest BCUT2D eigenvalue weighted by Gasteiger charge is -2.34. The van der Waals surface area contributed by atoms with E-state index in [-0.39, 0.29) is 12.1 Å². The molecule has 1 aromatic heterocycles. The molecule has 4 nitrogen and oxygen atoms in total. The lowest BCUT2D eigenvalue weighted by Crippen LogP contribution is -2.42. The average molecular weight is 255 g/mol. The van der Waals surface area contributed by atoms with E-state index in [4.69, 9.17) is 0 Å². The van der Waals surface area contributed by atoms with Crippen LogP contribution in [0, 0.1) is 0 Å². The van der Waals surface area contributed by atoms with Crippen molar-refractivity contribution in [2.45, 2.75) is 19.5 Å². The van der Waals surface area contributed by atoms with Crippen LogP contribution < -0.4 is 5.32 Å². The Kier molecular flexibility index (Phi) is 2.99. The minimum absolute atomic E-state index is 0.0360. The fourth-order valence-electron chi connectivity index (χ4n) is 2.57. The number of aromatic nitrogens is 1. The number of carbonyl (C=O) groups is 1. The SMILES string of the molecule is C[C@H]1c2cccn2CCN1C(=O)Nc1ccccc1. The van der Waals surface area contributed by atoms with Crippen molar-refractivity contribution in [2.24, 2.45) is 0 Å². The summed E-state index contributed by atoms with van der Waals surface area (Å²) in [7, 11) is 0. The van der Waals surface area contributed by atoms with Gasteiger partial charge in [-0.15, -0.1) is 0 Å². The second kappa shape index (κ2) is 4.80. The van der Waals surface area contributed by atoms with Crippen molar-refractivity contribution in [3.63, 3.8) is 0 Å². The lowest BCUT2D eigenvalue weighted by molar-refractivity contribution is 0.175. The van der Waals surface area contributed by atoms with Crippen LogP contribution in [-0.2, 0) is 6.54 Å². The lowest BCUT2D eigenvalue weighted by atomic mass is 10.1. The van der Waals surface area contributed by atoms with E-state index in [9.17, 15) is 4.79 Å². The van der Waals surface area contributed by atoms with Crippen LogP contribution in [0.25, 0.3) is 0 Å². The largest absolute Gasteiger partial charge is 0.348 e. The van der Waals surface area contributed by atoms with Gasteiger partial charge in [-0.2, -0.15) is 0 Å². The molecule has 0 fully saturated rings. The summed E-state index contributed by atoms with van der Waals surface area (Å²) in [4.78, 5) is 14.2. The predicted molar refractivity (Wildman–Crippen MR) is 75.0 cm³/mol. The minimum atomic E-state index is -0.0360. The number of hydrogen-bond donors (Lipinski definition) is 1. The first-order valence-electron chi connectivity index (χ1n) is 6.53. The number of amides is 2. The van der Waals surface area contributed by atoms with Crippen LogP contribution in [0.5, 0.6) is 0 Å². The fraction of sp³-hybridized carbons (Fsp3) is 0.267. The molecule has 2 aromatic rings. The van der Waals surface area contributed by atoms with Gasteiger partial charge in [0.1, 0.15) is 0 Å². The van der Waals surface area contributed by atoms with Crippen LogP contribution in [-0.4, -0.2) is 22.0 Å². The molecule has 0 spiro atoms. The zero-order valence-electron chi connectivity index (χ0n) is 10.9. The molecule has 0 saturated carbocycles. The molecule has 19 heavy (non-hydrogen) atoms. The summed E-state index contributed by atoms with van der Waals surface area (Å²) in [5, 5.41) is 2.94. The van der Waals surface area contributed by atoms with Gasteiger partial charge in [0.05, 0.1) is 6.04 Å². The Bertz CT molecular complexity index is 576. The molecular formula is C15H17N3O. The maximum Gasteiger partial charge on any atom is 0.322 e. The van der Waals surface area contributed by atoms with Gasteiger partial charge >= 0.3 is 6.03 Å². The van der Waals surface area contributed by atoms with Crippen LogP contribution in [0.2, 0.25) is 0 Å². The Morgan fingerprint density at radius 2 is 1.95 bits per heavy atom. The highest BCUT2D eigenvalue weighted by Gasteiger charge is 2.27. The predicted octanol–water partition coefficient (Wildman–Crippen LogP) is 3.10. The zero-order chi connectivity index (χ0) is 13.2. The normalized spacial score (nSPS) is 17.9. The number of anilines is 1. The first kappa shape index (κ1) is 11.8. The molecule has 2 heterocycles.